The summed E-state index contributed by atoms with van der Waals surface area (Å²) in [5.41, 5.74) is 5.42. The molecule has 0 spiro atoms. The second-order valence-corrected chi connectivity index (χ2v) is 10.3. The monoisotopic (exact) mass is 625 g/mol. The smallest absolute Gasteiger partial charge is 0.323 e. The van der Waals surface area contributed by atoms with Gasteiger partial charge in [-0.25, -0.2) is 0 Å². The van der Waals surface area contributed by atoms with Gasteiger partial charge < -0.3 is 36.4 Å². The first-order valence-electron chi connectivity index (χ1n) is 14.4. The van der Waals surface area contributed by atoms with Crippen molar-refractivity contribution in [2.24, 2.45) is 5.73 Å². The lowest BCUT2D eigenvalue weighted by atomic mass is 10.0. The van der Waals surface area contributed by atoms with Crippen LogP contribution < -0.4 is 11.1 Å². The molecule has 0 aromatic carbocycles. The third-order valence-corrected chi connectivity index (χ3v) is 6.60. The molecule has 0 heterocycles. The Hall–Kier alpha value is -3.42. The summed E-state index contributed by atoms with van der Waals surface area (Å²) >= 11 is 4.11. The summed E-state index contributed by atoms with van der Waals surface area (Å²) in [6.07, 6.45) is 17.7. The molecule has 7 N–H and O–H groups in total. The van der Waals surface area contributed by atoms with Crippen LogP contribution in [-0.4, -0.2) is 91.6 Å². The van der Waals surface area contributed by atoms with E-state index in [9.17, 15) is 34.2 Å². The molecule has 242 valence electrons. The van der Waals surface area contributed by atoms with Gasteiger partial charge >= 0.3 is 17.9 Å². The topological polar surface area (TPSA) is 208 Å². The maximum atomic E-state index is 13.4. The Kier molecular flexibility index (Phi) is 22.2. The molecule has 4 unspecified atom stereocenters. The van der Waals surface area contributed by atoms with Crippen LogP contribution in [0.2, 0.25) is 0 Å². The van der Waals surface area contributed by atoms with Crippen molar-refractivity contribution in [1.82, 2.24) is 10.2 Å². The van der Waals surface area contributed by atoms with Crippen LogP contribution in [-0.2, 0) is 24.0 Å². The number of nitrogens with zero attached hydrogens (tertiary/aromatic N) is 1. The molecule has 12 nitrogen and oxygen atoms in total. The summed E-state index contributed by atoms with van der Waals surface area (Å²) in [5.74, 6) is -5.46. The van der Waals surface area contributed by atoms with Crippen LogP contribution in [0.1, 0.15) is 71.1 Å². The van der Waals surface area contributed by atoms with E-state index in [1.54, 1.807) is 18.2 Å². The molecule has 0 saturated carbocycles. The molecular weight excluding hydrogens is 578 g/mol. The van der Waals surface area contributed by atoms with Crippen LogP contribution in [0.5, 0.6) is 0 Å². The van der Waals surface area contributed by atoms with Gasteiger partial charge in [0.2, 0.25) is 11.8 Å². The number of nitrogens with one attached hydrogen (secondary N) is 1. The van der Waals surface area contributed by atoms with Crippen LogP contribution in [0.15, 0.2) is 48.6 Å². The molecule has 0 saturated heterocycles. The van der Waals surface area contributed by atoms with Gasteiger partial charge in [0, 0.05) is 18.6 Å². The summed E-state index contributed by atoms with van der Waals surface area (Å²) in [6, 6.07) is -3.73. The maximum absolute atomic E-state index is 13.4. The van der Waals surface area contributed by atoms with E-state index >= 15 is 0 Å². The number of aliphatic carboxylic acids is 3. The lowest BCUT2D eigenvalue weighted by Gasteiger charge is -2.34. The number of thiol groups is 1. The molecular formula is C30H47N3O9S. The van der Waals surface area contributed by atoms with Crippen LogP contribution in [0.25, 0.3) is 0 Å². The van der Waals surface area contributed by atoms with Crippen molar-refractivity contribution in [3.63, 3.8) is 0 Å². The van der Waals surface area contributed by atoms with Gasteiger partial charge in [-0.2, -0.15) is 12.6 Å². The molecule has 13 heteroatoms. The number of carboxylic acid groups (broad SMARTS) is 3. The Morgan fingerprint density at radius 3 is 2.19 bits per heavy atom. The number of nitrogens with two attached hydrogens (primary N) is 1. The summed E-state index contributed by atoms with van der Waals surface area (Å²) in [4.78, 5) is 60.3. The van der Waals surface area contributed by atoms with Crippen LogP contribution in [0.4, 0.5) is 0 Å². The molecule has 0 rings (SSSR count). The van der Waals surface area contributed by atoms with Gasteiger partial charge in [0.25, 0.3) is 0 Å². The van der Waals surface area contributed by atoms with Gasteiger partial charge in [0.15, 0.2) is 0 Å². The molecule has 43 heavy (non-hydrogen) atoms. The Bertz CT molecular complexity index is 997. The predicted octanol–water partition coefficient (Wildman–Crippen LogP) is 2.69. The van der Waals surface area contributed by atoms with Crippen molar-refractivity contribution in [1.29, 1.82) is 0 Å². The van der Waals surface area contributed by atoms with E-state index in [-0.39, 0.29) is 37.9 Å². The van der Waals surface area contributed by atoms with Gasteiger partial charge in [0.1, 0.15) is 18.6 Å². The minimum absolute atomic E-state index is 0.0378. The Labute approximate surface area is 258 Å². The molecule has 2 amide bonds. The third kappa shape index (κ3) is 19.4. The normalized spacial score (nSPS) is 14.7. The molecule has 0 aliphatic carbocycles. The molecule has 0 aliphatic rings. The molecule has 0 aliphatic heterocycles. The molecule has 0 fully saturated rings. The van der Waals surface area contributed by atoms with E-state index in [1.807, 2.05) is 12.2 Å². The average Bonchev–Trinajstić information content (AvgIpc) is 2.95. The summed E-state index contributed by atoms with van der Waals surface area (Å²) < 4.78 is 0. The highest BCUT2D eigenvalue weighted by Gasteiger charge is 2.34. The number of unbranched alkanes of at least 4 members (excludes halogenated alkanes) is 3. The van der Waals surface area contributed by atoms with Crippen molar-refractivity contribution < 1.29 is 44.4 Å². The number of allylic oxidation sites excluding steroid dienone is 7. The lowest BCUT2D eigenvalue weighted by molar-refractivity contribution is -0.148. The number of carbonyl (C=O) groups is 5. The van der Waals surface area contributed by atoms with Crippen molar-refractivity contribution in [3.05, 3.63) is 48.6 Å². The first kappa shape index (κ1) is 39.6. The first-order chi connectivity index (χ1) is 20.4. The van der Waals surface area contributed by atoms with Crippen molar-refractivity contribution in [2.75, 3.05) is 12.3 Å². The van der Waals surface area contributed by atoms with Crippen LogP contribution in [0.3, 0.4) is 0 Å². The highest BCUT2D eigenvalue weighted by molar-refractivity contribution is 7.80. The van der Waals surface area contributed by atoms with Gasteiger partial charge in [-0.3, -0.25) is 24.0 Å². The zero-order valence-corrected chi connectivity index (χ0v) is 25.6. The number of hydrogen-bond acceptors (Lipinski definition) is 8. The second-order valence-electron chi connectivity index (χ2n) is 9.89. The largest absolute Gasteiger partial charge is 0.481 e. The molecule has 0 bridgehead atoms. The zero-order chi connectivity index (χ0) is 32.6. The van der Waals surface area contributed by atoms with E-state index in [0.29, 0.717) is 0 Å². The van der Waals surface area contributed by atoms with Crippen LogP contribution >= 0.6 is 12.6 Å². The van der Waals surface area contributed by atoms with Gasteiger partial charge in [-0.05, 0) is 38.5 Å². The van der Waals surface area contributed by atoms with E-state index in [4.69, 9.17) is 15.9 Å². The van der Waals surface area contributed by atoms with Gasteiger partial charge in [-0.15, -0.1) is 0 Å². The SMILES string of the molecule is CCCCCC=CCC=CC=CC=CC(C(O)CCCC(=O)O)N(CC(=O)O)C(=O)C(CS)NC(=O)CCC(N)C(=O)O. The van der Waals surface area contributed by atoms with Crippen molar-refractivity contribution >= 4 is 42.4 Å². The number of carbonyl (C=O) groups excluding carboxylic acids is 2. The Morgan fingerprint density at radius 2 is 1.58 bits per heavy atom. The first-order valence-corrected chi connectivity index (χ1v) is 15.0. The number of carboxylic acids is 3. The molecule has 0 aromatic rings. The molecule has 4 atom stereocenters. The quantitative estimate of drug-likeness (QED) is 0.0361. The Morgan fingerprint density at radius 1 is 0.884 bits per heavy atom. The Balaban J connectivity index is 5.74. The maximum Gasteiger partial charge on any atom is 0.323 e. The number of rotatable bonds is 24. The van der Waals surface area contributed by atoms with Crippen LogP contribution in [0, 0.1) is 0 Å². The number of hydrogen-bond donors (Lipinski definition) is 7. The highest BCUT2D eigenvalue weighted by Crippen LogP contribution is 2.16. The summed E-state index contributed by atoms with van der Waals surface area (Å²) in [7, 11) is 0. The van der Waals surface area contributed by atoms with Crippen molar-refractivity contribution in [2.45, 2.75) is 95.4 Å². The fraction of sp³-hybridized carbons (Fsp3) is 0.567. The van der Waals surface area contributed by atoms with Gasteiger partial charge in [-0.1, -0.05) is 68.4 Å². The summed E-state index contributed by atoms with van der Waals surface area (Å²) in [6.45, 7) is 1.34. The number of amides is 2. The molecule has 0 aromatic heterocycles. The highest BCUT2D eigenvalue weighted by atomic mass is 32.1. The van der Waals surface area contributed by atoms with Gasteiger partial charge in [0.05, 0.1) is 12.1 Å². The minimum atomic E-state index is -1.37. The molecule has 0 radical (unpaired) electrons. The predicted molar refractivity (Wildman–Crippen MR) is 167 cm³/mol. The van der Waals surface area contributed by atoms with Crippen molar-refractivity contribution in [3.8, 4) is 0 Å². The van der Waals surface area contributed by atoms with E-state index in [1.165, 1.54) is 18.9 Å². The summed E-state index contributed by atoms with van der Waals surface area (Å²) in [5, 5.41) is 40.7. The average molecular weight is 626 g/mol. The number of aliphatic hydroxyl groups excluding tert-OH is 1. The number of aliphatic hydroxyl groups is 1. The van der Waals surface area contributed by atoms with E-state index in [2.05, 4.69) is 37.0 Å². The third-order valence-electron chi connectivity index (χ3n) is 6.24. The second kappa shape index (κ2) is 24.1. The fourth-order valence-electron chi connectivity index (χ4n) is 3.88. The van der Waals surface area contributed by atoms with E-state index in [0.717, 1.165) is 24.2 Å². The fourth-order valence-corrected chi connectivity index (χ4v) is 4.13. The van der Waals surface area contributed by atoms with E-state index < -0.39 is 60.5 Å². The lowest BCUT2D eigenvalue weighted by Crippen LogP contribution is -2.56. The zero-order valence-electron chi connectivity index (χ0n) is 24.7. The standard InChI is InChI=1S/C30H47N3O9S/c1-2-3-4-5-6-7-8-9-10-11-12-13-15-24(25(34)16-14-17-27(36)37)33(20-28(38)39)29(40)23(21-43)32-26(35)19-18-22(31)30(41)42/h6-7,9-13,15,22-25,34,43H,2-5,8,14,16-21,31H2,1H3,(H,32,35)(H,36,37)(H,38,39)(H,41,42). The minimum Gasteiger partial charge on any atom is -0.481 e.